The van der Waals surface area contributed by atoms with Crippen molar-refractivity contribution in [1.29, 1.82) is 0 Å². The fraction of sp³-hybridized carbons (Fsp3) is 0.500. The fourth-order valence-corrected chi connectivity index (χ4v) is 2.12. The quantitative estimate of drug-likeness (QED) is 0.486. The van der Waals surface area contributed by atoms with Crippen molar-refractivity contribution < 1.29 is 34.2 Å². The Morgan fingerprint density at radius 2 is 2.00 bits per heavy atom. The van der Waals surface area contributed by atoms with Gasteiger partial charge in [0.25, 0.3) is 0 Å². The van der Waals surface area contributed by atoms with E-state index in [1.807, 2.05) is 0 Å². The van der Waals surface area contributed by atoms with Crippen LogP contribution in [0.1, 0.15) is 39.8 Å². The molecule has 138 valence electrons. The van der Waals surface area contributed by atoms with Crippen molar-refractivity contribution >= 4 is 40.2 Å². The summed E-state index contributed by atoms with van der Waals surface area (Å²) in [5, 5.41) is 25.2. The number of anilines is 1. The maximum atomic E-state index is 11.7. The summed E-state index contributed by atoms with van der Waals surface area (Å²) in [7, 11) is 0. The number of carboxylic acids is 2. The van der Waals surface area contributed by atoms with Gasteiger partial charge in [-0.05, 0) is 27.2 Å². The van der Waals surface area contributed by atoms with Crippen LogP contribution in [0.2, 0.25) is 0 Å². The fourth-order valence-electron chi connectivity index (χ4n) is 1.44. The molecule has 3 N–H and O–H groups in total. The molecule has 0 saturated heterocycles. The zero-order chi connectivity index (χ0) is 19.2. The SMILES string of the molecule is CC[C@H](O/N=C(\C(=O)O)c1csc(NC(=O)OC(C)(C)C)n1)C(=O)O. The van der Waals surface area contributed by atoms with E-state index in [4.69, 9.17) is 14.7 Å². The van der Waals surface area contributed by atoms with Crippen molar-refractivity contribution in [3.8, 4) is 0 Å². The van der Waals surface area contributed by atoms with E-state index < -0.39 is 35.4 Å². The first-order chi connectivity index (χ1) is 11.5. The smallest absolute Gasteiger partial charge is 0.413 e. The Morgan fingerprint density at radius 3 is 2.48 bits per heavy atom. The molecule has 0 aliphatic rings. The van der Waals surface area contributed by atoms with Gasteiger partial charge in [-0.15, -0.1) is 11.3 Å². The molecule has 25 heavy (non-hydrogen) atoms. The zero-order valence-corrected chi connectivity index (χ0v) is 14.9. The lowest BCUT2D eigenvalue weighted by molar-refractivity contribution is -0.150. The molecule has 0 aromatic carbocycles. The standard InChI is InChI=1S/C14H19N3O7S/c1-5-8(10(18)19)24-17-9(11(20)21)7-6-25-12(15-7)16-13(22)23-14(2,3)4/h6,8H,5H2,1-4H3,(H,18,19)(H,20,21)(H,15,16,22)/b17-9-/t8-/m0/s1. The third-order valence-corrected chi connectivity index (χ3v) is 3.23. The van der Waals surface area contributed by atoms with Gasteiger partial charge in [-0.2, -0.15) is 0 Å². The van der Waals surface area contributed by atoms with E-state index in [9.17, 15) is 19.5 Å². The van der Waals surface area contributed by atoms with Gasteiger partial charge in [-0.1, -0.05) is 12.1 Å². The Labute approximate surface area is 147 Å². The van der Waals surface area contributed by atoms with Crippen LogP contribution in [-0.2, 0) is 19.2 Å². The van der Waals surface area contributed by atoms with Crippen molar-refractivity contribution in [2.75, 3.05) is 5.32 Å². The second kappa shape index (κ2) is 8.42. The number of nitrogens with one attached hydrogen (secondary N) is 1. The van der Waals surface area contributed by atoms with E-state index in [1.165, 1.54) is 5.38 Å². The van der Waals surface area contributed by atoms with E-state index in [1.54, 1.807) is 27.7 Å². The van der Waals surface area contributed by atoms with Crippen molar-refractivity contribution in [3.63, 3.8) is 0 Å². The highest BCUT2D eigenvalue weighted by Crippen LogP contribution is 2.18. The summed E-state index contributed by atoms with van der Waals surface area (Å²) < 4.78 is 5.06. The minimum Gasteiger partial charge on any atom is -0.478 e. The molecule has 0 fully saturated rings. The van der Waals surface area contributed by atoms with Crippen molar-refractivity contribution in [1.82, 2.24) is 4.98 Å². The van der Waals surface area contributed by atoms with E-state index in [-0.39, 0.29) is 17.2 Å². The van der Waals surface area contributed by atoms with Gasteiger partial charge in [0.15, 0.2) is 5.13 Å². The third-order valence-electron chi connectivity index (χ3n) is 2.47. The van der Waals surface area contributed by atoms with Gasteiger partial charge in [0.1, 0.15) is 11.3 Å². The maximum absolute atomic E-state index is 11.7. The van der Waals surface area contributed by atoms with Crippen molar-refractivity contribution in [2.45, 2.75) is 45.8 Å². The number of aromatic nitrogens is 1. The van der Waals surface area contributed by atoms with Crippen LogP contribution in [0.3, 0.4) is 0 Å². The zero-order valence-electron chi connectivity index (χ0n) is 14.1. The molecule has 11 heteroatoms. The molecule has 0 unspecified atom stereocenters. The first-order valence-corrected chi connectivity index (χ1v) is 8.07. The first-order valence-electron chi connectivity index (χ1n) is 7.19. The molecule has 0 aliphatic carbocycles. The van der Waals surface area contributed by atoms with Gasteiger partial charge in [0.2, 0.25) is 11.8 Å². The van der Waals surface area contributed by atoms with Crippen LogP contribution in [0, 0.1) is 0 Å². The van der Waals surface area contributed by atoms with Gasteiger partial charge in [0.05, 0.1) is 0 Å². The number of aliphatic carboxylic acids is 2. The van der Waals surface area contributed by atoms with Gasteiger partial charge >= 0.3 is 18.0 Å². The predicted octanol–water partition coefficient (Wildman–Crippen LogP) is 2.16. The van der Waals surface area contributed by atoms with Crippen LogP contribution in [0.25, 0.3) is 0 Å². The second-order valence-electron chi connectivity index (χ2n) is 5.75. The molecular formula is C14H19N3O7S. The largest absolute Gasteiger partial charge is 0.478 e. The Kier molecular flexibility index (Phi) is 6.86. The Balaban J connectivity index is 2.90. The highest BCUT2D eigenvalue weighted by molar-refractivity contribution is 7.14. The molecule has 1 rings (SSSR count). The molecule has 0 radical (unpaired) electrons. The Bertz CT molecular complexity index is 678. The minimum atomic E-state index is -1.45. The monoisotopic (exact) mass is 373 g/mol. The number of carboxylic acid groups (broad SMARTS) is 2. The highest BCUT2D eigenvalue weighted by atomic mass is 32.1. The molecule has 0 bridgehead atoms. The number of carbonyl (C=O) groups excluding carboxylic acids is 1. The van der Waals surface area contributed by atoms with Crippen molar-refractivity contribution in [2.24, 2.45) is 5.16 Å². The van der Waals surface area contributed by atoms with Crippen LogP contribution < -0.4 is 5.32 Å². The van der Waals surface area contributed by atoms with E-state index in [0.717, 1.165) is 11.3 Å². The topological polar surface area (TPSA) is 147 Å². The molecule has 0 aliphatic heterocycles. The summed E-state index contributed by atoms with van der Waals surface area (Å²) in [6.45, 7) is 6.64. The summed E-state index contributed by atoms with van der Waals surface area (Å²) in [6.07, 6.45) is -1.91. The van der Waals surface area contributed by atoms with Crippen LogP contribution in [0.4, 0.5) is 9.93 Å². The minimum absolute atomic E-state index is 0.0798. The van der Waals surface area contributed by atoms with Crippen molar-refractivity contribution in [3.05, 3.63) is 11.1 Å². The molecule has 0 spiro atoms. The number of ether oxygens (including phenoxy) is 1. The molecular weight excluding hydrogens is 354 g/mol. The third kappa shape index (κ3) is 6.75. The number of amides is 1. The average molecular weight is 373 g/mol. The number of hydrogen-bond acceptors (Lipinski definition) is 8. The number of rotatable bonds is 7. The molecule has 0 saturated carbocycles. The van der Waals surface area contributed by atoms with E-state index in [2.05, 4.69) is 15.5 Å². The van der Waals surface area contributed by atoms with E-state index in [0.29, 0.717) is 0 Å². The summed E-state index contributed by atoms with van der Waals surface area (Å²) in [5.41, 5.74) is -1.35. The van der Waals surface area contributed by atoms with E-state index >= 15 is 0 Å². The summed E-state index contributed by atoms with van der Waals surface area (Å²) >= 11 is 0.957. The number of carbonyl (C=O) groups is 3. The Morgan fingerprint density at radius 1 is 1.36 bits per heavy atom. The number of thiazole rings is 1. The normalized spacial score (nSPS) is 13.0. The molecule has 1 heterocycles. The predicted molar refractivity (Wildman–Crippen MR) is 88.9 cm³/mol. The van der Waals surface area contributed by atoms with Gasteiger partial charge in [0, 0.05) is 5.38 Å². The second-order valence-corrected chi connectivity index (χ2v) is 6.61. The molecule has 1 atom stereocenters. The average Bonchev–Trinajstić information content (AvgIpc) is 2.88. The first kappa shape index (κ1) is 20.4. The van der Waals surface area contributed by atoms with Crippen LogP contribution >= 0.6 is 11.3 Å². The maximum Gasteiger partial charge on any atom is 0.413 e. The molecule has 10 nitrogen and oxygen atoms in total. The van der Waals surface area contributed by atoms with Gasteiger partial charge in [-0.25, -0.2) is 19.4 Å². The summed E-state index contributed by atoms with van der Waals surface area (Å²) in [4.78, 5) is 42.5. The molecule has 1 aromatic heterocycles. The number of hydrogen-bond donors (Lipinski definition) is 3. The Hall–Kier alpha value is -2.69. The summed E-state index contributed by atoms with van der Waals surface area (Å²) in [6, 6.07) is 0. The van der Waals surface area contributed by atoms with Crippen LogP contribution in [0.15, 0.2) is 10.5 Å². The van der Waals surface area contributed by atoms with Gasteiger partial charge in [-0.3, -0.25) is 5.32 Å². The number of oxime groups is 1. The number of nitrogens with zero attached hydrogens (tertiary/aromatic N) is 2. The lowest BCUT2D eigenvalue weighted by atomic mass is 10.2. The molecule has 1 amide bonds. The van der Waals surface area contributed by atoms with Gasteiger partial charge < -0.3 is 19.8 Å². The lowest BCUT2D eigenvalue weighted by Crippen LogP contribution is -2.27. The summed E-state index contributed by atoms with van der Waals surface area (Å²) in [5.74, 6) is -2.71. The van der Waals surface area contributed by atoms with Crippen LogP contribution in [-0.4, -0.2) is 50.6 Å². The lowest BCUT2D eigenvalue weighted by Gasteiger charge is -2.18. The highest BCUT2D eigenvalue weighted by Gasteiger charge is 2.22. The van der Waals surface area contributed by atoms with Crippen LogP contribution in [0.5, 0.6) is 0 Å². The molecule has 1 aromatic rings.